The van der Waals surface area contributed by atoms with Crippen LogP contribution in [0.15, 0.2) is 42.5 Å². The fourth-order valence-electron chi connectivity index (χ4n) is 2.69. The van der Waals surface area contributed by atoms with Crippen molar-refractivity contribution in [3.63, 3.8) is 0 Å². The Bertz CT molecular complexity index is 1130. The number of anilines is 3. The van der Waals surface area contributed by atoms with Crippen molar-refractivity contribution in [3.05, 3.63) is 59.3 Å². The predicted molar refractivity (Wildman–Crippen MR) is 103 cm³/mol. The first-order chi connectivity index (χ1) is 12.5. The summed E-state index contributed by atoms with van der Waals surface area (Å²) in [6.07, 6.45) is 0. The highest BCUT2D eigenvalue weighted by Crippen LogP contribution is 2.26. The van der Waals surface area contributed by atoms with E-state index in [-0.39, 0.29) is 17.8 Å². The molecule has 0 aliphatic carbocycles. The maximum Gasteiger partial charge on any atom is 0.281 e. The van der Waals surface area contributed by atoms with Gasteiger partial charge in [0.2, 0.25) is 11.9 Å². The molecule has 0 fully saturated rings. The van der Waals surface area contributed by atoms with Crippen molar-refractivity contribution < 1.29 is 4.79 Å². The number of benzene rings is 2. The SMILES string of the molecule is Cc1cccc(C(=O)n2nc(Nc3ccc4snc(C)c4c3)nc2N)c1. The molecule has 2 aromatic carbocycles. The van der Waals surface area contributed by atoms with E-state index in [4.69, 9.17) is 5.73 Å². The van der Waals surface area contributed by atoms with E-state index < -0.39 is 0 Å². The van der Waals surface area contributed by atoms with Crippen LogP contribution in [0.25, 0.3) is 10.1 Å². The molecule has 0 aliphatic rings. The molecule has 4 rings (SSSR count). The van der Waals surface area contributed by atoms with Gasteiger partial charge in [-0.3, -0.25) is 4.79 Å². The zero-order chi connectivity index (χ0) is 18.3. The summed E-state index contributed by atoms with van der Waals surface area (Å²) in [5.74, 6) is -0.0164. The van der Waals surface area contributed by atoms with Crippen LogP contribution in [0.3, 0.4) is 0 Å². The fourth-order valence-corrected chi connectivity index (χ4v) is 3.46. The van der Waals surface area contributed by atoms with Crippen molar-refractivity contribution in [2.75, 3.05) is 11.1 Å². The number of fused-ring (bicyclic) bond motifs is 1. The smallest absolute Gasteiger partial charge is 0.281 e. The molecule has 26 heavy (non-hydrogen) atoms. The maximum absolute atomic E-state index is 12.6. The zero-order valence-electron chi connectivity index (χ0n) is 14.2. The second-order valence-electron chi connectivity index (χ2n) is 5.98. The predicted octanol–water partition coefficient (Wildman–Crippen LogP) is 3.52. The van der Waals surface area contributed by atoms with Crippen LogP contribution in [0.4, 0.5) is 17.6 Å². The molecule has 0 amide bonds. The largest absolute Gasteiger partial charge is 0.368 e. The van der Waals surface area contributed by atoms with Crippen molar-refractivity contribution >= 4 is 45.1 Å². The molecular formula is C18H16N6OS. The highest BCUT2D eigenvalue weighted by atomic mass is 32.1. The van der Waals surface area contributed by atoms with Gasteiger partial charge in [0, 0.05) is 16.6 Å². The number of rotatable bonds is 3. The lowest BCUT2D eigenvalue weighted by Gasteiger charge is -2.03. The van der Waals surface area contributed by atoms with Gasteiger partial charge in [0.25, 0.3) is 5.91 Å². The van der Waals surface area contributed by atoms with Crippen molar-refractivity contribution in [1.29, 1.82) is 0 Å². The second kappa shape index (κ2) is 6.23. The van der Waals surface area contributed by atoms with Gasteiger partial charge in [0.15, 0.2) is 0 Å². The minimum Gasteiger partial charge on any atom is -0.368 e. The Morgan fingerprint density at radius 2 is 2.04 bits per heavy atom. The number of nitrogens with one attached hydrogen (secondary N) is 1. The highest BCUT2D eigenvalue weighted by Gasteiger charge is 2.16. The molecule has 2 aromatic heterocycles. The Morgan fingerprint density at radius 1 is 1.19 bits per heavy atom. The van der Waals surface area contributed by atoms with Crippen molar-refractivity contribution in [1.82, 2.24) is 19.1 Å². The average molecular weight is 364 g/mol. The van der Waals surface area contributed by atoms with E-state index >= 15 is 0 Å². The van der Waals surface area contributed by atoms with E-state index in [1.165, 1.54) is 11.5 Å². The maximum atomic E-state index is 12.6. The van der Waals surface area contributed by atoms with Crippen LogP contribution >= 0.6 is 11.5 Å². The number of nitrogens with zero attached hydrogens (tertiary/aromatic N) is 4. The van der Waals surface area contributed by atoms with Gasteiger partial charge in [-0.1, -0.05) is 17.7 Å². The first kappa shape index (κ1) is 16.2. The average Bonchev–Trinajstić information content (AvgIpc) is 3.17. The number of carbonyl (C=O) groups excluding carboxylic acids is 1. The fraction of sp³-hybridized carbons (Fsp3) is 0.111. The molecule has 0 bridgehead atoms. The van der Waals surface area contributed by atoms with Crippen LogP contribution in [0, 0.1) is 13.8 Å². The Morgan fingerprint density at radius 3 is 2.85 bits per heavy atom. The lowest BCUT2D eigenvalue weighted by Crippen LogP contribution is -2.16. The van der Waals surface area contributed by atoms with E-state index in [0.717, 1.165) is 31.7 Å². The summed E-state index contributed by atoms with van der Waals surface area (Å²) in [4.78, 5) is 16.8. The number of hydrogen-bond acceptors (Lipinski definition) is 7. The minimum absolute atomic E-state index is 0.0356. The van der Waals surface area contributed by atoms with Crippen LogP contribution in [-0.4, -0.2) is 25.0 Å². The van der Waals surface area contributed by atoms with Crippen LogP contribution in [0.2, 0.25) is 0 Å². The number of nitrogen functional groups attached to an aromatic ring is 1. The topological polar surface area (TPSA) is 98.7 Å². The molecule has 7 nitrogen and oxygen atoms in total. The molecular weight excluding hydrogens is 348 g/mol. The molecule has 4 aromatic rings. The molecule has 0 unspecified atom stereocenters. The van der Waals surface area contributed by atoms with E-state index in [1.807, 2.05) is 44.2 Å². The van der Waals surface area contributed by atoms with E-state index in [2.05, 4.69) is 19.8 Å². The molecule has 0 radical (unpaired) electrons. The van der Waals surface area contributed by atoms with Crippen LogP contribution < -0.4 is 11.1 Å². The number of hydrogen-bond donors (Lipinski definition) is 2. The van der Waals surface area contributed by atoms with Gasteiger partial charge in [0.1, 0.15) is 0 Å². The molecule has 0 saturated heterocycles. The van der Waals surface area contributed by atoms with Crippen molar-refractivity contribution in [2.45, 2.75) is 13.8 Å². The van der Waals surface area contributed by atoms with Gasteiger partial charge < -0.3 is 11.1 Å². The van der Waals surface area contributed by atoms with E-state index in [0.29, 0.717) is 5.56 Å². The lowest BCUT2D eigenvalue weighted by molar-refractivity contribution is 0.0948. The van der Waals surface area contributed by atoms with Crippen molar-refractivity contribution in [3.8, 4) is 0 Å². The monoisotopic (exact) mass is 364 g/mol. The number of aromatic nitrogens is 4. The standard InChI is InChI=1S/C18H16N6OS/c1-10-4-3-5-12(8-10)16(25)24-17(19)21-18(22-24)20-13-6-7-15-14(9-13)11(2)23-26-15/h3-9H,1-2H3,(H3,19,20,21,22). The Kier molecular flexibility index (Phi) is 3.89. The quantitative estimate of drug-likeness (QED) is 0.577. The van der Waals surface area contributed by atoms with E-state index in [1.54, 1.807) is 12.1 Å². The molecule has 0 spiro atoms. The summed E-state index contributed by atoms with van der Waals surface area (Å²) < 4.78 is 6.56. The van der Waals surface area contributed by atoms with Gasteiger partial charge in [-0.05, 0) is 55.7 Å². The third-order valence-corrected chi connectivity index (χ3v) is 4.91. The first-order valence-electron chi connectivity index (χ1n) is 7.98. The van der Waals surface area contributed by atoms with Crippen molar-refractivity contribution in [2.24, 2.45) is 0 Å². The van der Waals surface area contributed by atoms with Gasteiger partial charge in [-0.25, -0.2) is 0 Å². The van der Waals surface area contributed by atoms with Gasteiger partial charge in [-0.15, -0.1) is 5.10 Å². The number of carbonyl (C=O) groups is 1. The van der Waals surface area contributed by atoms with Gasteiger partial charge in [0.05, 0.1) is 10.4 Å². The molecule has 0 aliphatic heterocycles. The second-order valence-corrected chi connectivity index (χ2v) is 6.79. The zero-order valence-corrected chi connectivity index (χ0v) is 15.0. The summed E-state index contributed by atoms with van der Waals surface area (Å²) >= 11 is 1.46. The van der Waals surface area contributed by atoms with E-state index in [9.17, 15) is 4.79 Å². The Balaban J connectivity index is 1.63. The third-order valence-electron chi connectivity index (χ3n) is 4.00. The molecule has 0 saturated carbocycles. The Labute approximate surface area is 153 Å². The van der Waals surface area contributed by atoms with Crippen LogP contribution in [0.5, 0.6) is 0 Å². The number of nitrogens with two attached hydrogens (primary N) is 1. The molecule has 3 N–H and O–H groups in total. The summed E-state index contributed by atoms with van der Waals surface area (Å²) in [5, 5.41) is 8.37. The molecule has 0 atom stereocenters. The molecule has 2 heterocycles. The number of aryl methyl sites for hydroxylation is 2. The van der Waals surface area contributed by atoms with Crippen LogP contribution in [-0.2, 0) is 0 Å². The van der Waals surface area contributed by atoms with Crippen LogP contribution in [0.1, 0.15) is 21.6 Å². The minimum atomic E-state index is -0.319. The Hall–Kier alpha value is -3.26. The molecule has 130 valence electrons. The summed E-state index contributed by atoms with van der Waals surface area (Å²) in [6.45, 7) is 3.89. The highest BCUT2D eigenvalue weighted by molar-refractivity contribution is 7.13. The van der Waals surface area contributed by atoms with Gasteiger partial charge >= 0.3 is 0 Å². The molecule has 8 heteroatoms. The van der Waals surface area contributed by atoms with Gasteiger partial charge in [-0.2, -0.15) is 14.0 Å². The summed E-state index contributed by atoms with van der Waals surface area (Å²) in [5.41, 5.74) is 9.17. The first-order valence-corrected chi connectivity index (χ1v) is 8.75. The normalized spacial score (nSPS) is 11.0. The summed E-state index contributed by atoms with van der Waals surface area (Å²) in [7, 11) is 0. The summed E-state index contributed by atoms with van der Waals surface area (Å²) in [6, 6.07) is 13.1. The lowest BCUT2D eigenvalue weighted by atomic mass is 10.1. The third kappa shape index (κ3) is 2.91.